The number of guanidine groups is 1. The highest BCUT2D eigenvalue weighted by Gasteiger charge is 2.30. The van der Waals surface area contributed by atoms with Crippen LogP contribution in [0.3, 0.4) is 0 Å². The Morgan fingerprint density at radius 3 is 2.81 bits per heavy atom. The van der Waals surface area contributed by atoms with Gasteiger partial charge in [0.05, 0.1) is 18.8 Å². The third-order valence-corrected chi connectivity index (χ3v) is 4.49. The molecule has 2 unspecified atom stereocenters. The molecule has 146 valence electrons. The van der Waals surface area contributed by atoms with E-state index in [1.54, 1.807) is 13.1 Å². The van der Waals surface area contributed by atoms with Crippen LogP contribution in [-0.2, 0) is 17.5 Å². The van der Waals surface area contributed by atoms with Crippen molar-refractivity contribution in [3.05, 3.63) is 35.4 Å². The topological polar surface area (TPSA) is 48.9 Å². The summed E-state index contributed by atoms with van der Waals surface area (Å²) < 4.78 is 43.8. The molecule has 1 aliphatic rings. The molecule has 26 heavy (non-hydrogen) atoms. The van der Waals surface area contributed by atoms with E-state index in [1.165, 1.54) is 6.07 Å². The van der Waals surface area contributed by atoms with Crippen LogP contribution in [0.2, 0.25) is 0 Å². The van der Waals surface area contributed by atoms with Crippen molar-refractivity contribution in [2.45, 2.75) is 38.7 Å². The second-order valence-electron chi connectivity index (χ2n) is 6.52. The maximum absolute atomic E-state index is 12.8. The van der Waals surface area contributed by atoms with E-state index in [0.29, 0.717) is 30.2 Å². The molecule has 2 N–H and O–H groups in total. The molecule has 0 amide bonds. The third kappa shape index (κ3) is 5.88. The molecule has 1 aromatic carbocycles. The van der Waals surface area contributed by atoms with Crippen molar-refractivity contribution in [2.75, 3.05) is 33.4 Å². The number of hydrogen-bond acceptors (Lipinski definition) is 3. The molecule has 0 saturated carbocycles. The molecular formula is C18H27F3N4O. The molecule has 5 nitrogen and oxygen atoms in total. The van der Waals surface area contributed by atoms with Gasteiger partial charge in [-0.1, -0.05) is 12.1 Å². The number of rotatable bonds is 5. The molecule has 1 fully saturated rings. The van der Waals surface area contributed by atoms with Gasteiger partial charge in [-0.3, -0.25) is 9.89 Å². The Bertz CT molecular complexity index is 606. The van der Waals surface area contributed by atoms with Crippen LogP contribution >= 0.6 is 0 Å². The molecule has 1 heterocycles. The van der Waals surface area contributed by atoms with Crippen LogP contribution in [0.4, 0.5) is 13.2 Å². The van der Waals surface area contributed by atoms with Gasteiger partial charge in [-0.15, -0.1) is 0 Å². The van der Waals surface area contributed by atoms with Crippen LogP contribution < -0.4 is 10.6 Å². The predicted octanol–water partition coefficient (Wildman–Crippen LogP) is 2.48. The van der Waals surface area contributed by atoms with Gasteiger partial charge in [0.1, 0.15) is 0 Å². The second kappa shape index (κ2) is 9.23. The second-order valence-corrected chi connectivity index (χ2v) is 6.52. The zero-order valence-electron chi connectivity index (χ0n) is 15.4. The van der Waals surface area contributed by atoms with Gasteiger partial charge < -0.3 is 15.4 Å². The molecule has 0 aliphatic carbocycles. The van der Waals surface area contributed by atoms with Gasteiger partial charge >= 0.3 is 6.18 Å². The minimum atomic E-state index is -4.33. The summed E-state index contributed by atoms with van der Waals surface area (Å²) >= 11 is 0. The smallest absolute Gasteiger partial charge is 0.379 e. The monoisotopic (exact) mass is 372 g/mol. The number of morpholine rings is 1. The van der Waals surface area contributed by atoms with Gasteiger partial charge in [-0.2, -0.15) is 13.2 Å². The van der Waals surface area contributed by atoms with Crippen molar-refractivity contribution in [2.24, 2.45) is 4.99 Å². The van der Waals surface area contributed by atoms with Crippen molar-refractivity contribution in [3.8, 4) is 0 Å². The predicted molar refractivity (Wildman–Crippen MR) is 96.1 cm³/mol. The average Bonchev–Trinajstić information content (AvgIpc) is 2.61. The lowest BCUT2D eigenvalue weighted by Crippen LogP contribution is -2.52. The normalized spacial score (nSPS) is 20.7. The van der Waals surface area contributed by atoms with Gasteiger partial charge in [0, 0.05) is 38.8 Å². The van der Waals surface area contributed by atoms with Crippen LogP contribution in [0, 0.1) is 0 Å². The molecule has 2 rings (SSSR count). The molecule has 0 aromatic heterocycles. The number of ether oxygens (including phenoxy) is 1. The summed E-state index contributed by atoms with van der Waals surface area (Å²) in [4.78, 5) is 6.51. The van der Waals surface area contributed by atoms with Crippen LogP contribution in [0.15, 0.2) is 29.3 Å². The molecular weight excluding hydrogens is 345 g/mol. The largest absolute Gasteiger partial charge is 0.416 e. The number of benzene rings is 1. The minimum Gasteiger partial charge on any atom is -0.379 e. The van der Waals surface area contributed by atoms with Crippen molar-refractivity contribution >= 4 is 5.96 Å². The summed E-state index contributed by atoms with van der Waals surface area (Å²) in [7, 11) is 1.64. The van der Waals surface area contributed by atoms with E-state index in [2.05, 4.69) is 34.4 Å². The van der Waals surface area contributed by atoms with Crippen LogP contribution in [0.25, 0.3) is 0 Å². The summed E-state index contributed by atoms with van der Waals surface area (Å²) in [6.07, 6.45) is -4.33. The number of nitrogens with zero attached hydrogens (tertiary/aromatic N) is 2. The molecule has 1 saturated heterocycles. The van der Waals surface area contributed by atoms with Gasteiger partial charge in [-0.05, 0) is 31.5 Å². The Balaban J connectivity index is 1.84. The van der Waals surface area contributed by atoms with Crippen LogP contribution in [0.1, 0.15) is 25.0 Å². The summed E-state index contributed by atoms with van der Waals surface area (Å²) in [5.74, 6) is 0.565. The fourth-order valence-corrected chi connectivity index (χ4v) is 3.02. The molecule has 8 heteroatoms. The third-order valence-electron chi connectivity index (χ3n) is 4.49. The number of halogens is 3. The maximum Gasteiger partial charge on any atom is 0.416 e. The van der Waals surface area contributed by atoms with Gasteiger partial charge in [-0.25, -0.2) is 0 Å². The van der Waals surface area contributed by atoms with E-state index >= 15 is 0 Å². The number of nitrogens with one attached hydrogen (secondary N) is 2. The average molecular weight is 372 g/mol. The summed E-state index contributed by atoms with van der Waals surface area (Å²) in [5, 5.41) is 6.30. The van der Waals surface area contributed by atoms with Crippen molar-refractivity contribution in [3.63, 3.8) is 0 Å². The summed E-state index contributed by atoms with van der Waals surface area (Å²) in [5.41, 5.74) is -0.0905. The molecule has 1 aliphatic heterocycles. The summed E-state index contributed by atoms with van der Waals surface area (Å²) in [6, 6.07) is 5.95. The first-order valence-corrected chi connectivity index (χ1v) is 8.75. The quantitative estimate of drug-likeness (QED) is 0.616. The first-order valence-electron chi connectivity index (χ1n) is 8.75. The van der Waals surface area contributed by atoms with Crippen LogP contribution in [-0.4, -0.2) is 56.3 Å². The highest BCUT2D eigenvalue weighted by Crippen LogP contribution is 2.29. The van der Waals surface area contributed by atoms with Gasteiger partial charge in [0.15, 0.2) is 5.96 Å². The lowest BCUT2D eigenvalue weighted by Gasteiger charge is -2.38. The standard InChI is InChI=1S/C18H27F3N4O/c1-13(25-7-8-26-12-14(25)2)10-23-17(22-3)24-11-15-5-4-6-16(9-15)18(19,20)21/h4-6,9,13-14H,7-8,10-12H2,1-3H3,(H2,22,23,24). The number of alkyl halides is 3. The van der Waals surface area contributed by atoms with E-state index in [1.807, 2.05) is 0 Å². The molecule has 2 atom stereocenters. The highest BCUT2D eigenvalue weighted by atomic mass is 19.4. The first kappa shape index (κ1) is 20.5. The van der Waals surface area contributed by atoms with Crippen molar-refractivity contribution in [1.82, 2.24) is 15.5 Å². The molecule has 1 aromatic rings. The molecule has 0 bridgehead atoms. The van der Waals surface area contributed by atoms with Gasteiger partial charge in [0.25, 0.3) is 0 Å². The number of hydrogen-bond donors (Lipinski definition) is 2. The zero-order chi connectivity index (χ0) is 19.2. The van der Waals surface area contributed by atoms with E-state index < -0.39 is 11.7 Å². The van der Waals surface area contributed by atoms with E-state index in [4.69, 9.17) is 4.74 Å². The maximum atomic E-state index is 12.8. The molecule has 0 spiro atoms. The fourth-order valence-electron chi connectivity index (χ4n) is 3.02. The first-order chi connectivity index (χ1) is 12.3. The van der Waals surface area contributed by atoms with E-state index in [-0.39, 0.29) is 6.54 Å². The lowest BCUT2D eigenvalue weighted by atomic mass is 10.1. The Hall–Kier alpha value is -1.80. The van der Waals surface area contributed by atoms with E-state index in [9.17, 15) is 13.2 Å². The molecule has 0 radical (unpaired) electrons. The SMILES string of the molecule is CN=C(NCc1cccc(C(F)(F)F)c1)NCC(C)N1CCOCC1C. The fraction of sp³-hybridized carbons (Fsp3) is 0.611. The summed E-state index contributed by atoms with van der Waals surface area (Å²) in [6.45, 7) is 7.58. The zero-order valence-corrected chi connectivity index (χ0v) is 15.4. The van der Waals surface area contributed by atoms with E-state index in [0.717, 1.165) is 31.9 Å². The Morgan fingerprint density at radius 2 is 2.15 bits per heavy atom. The van der Waals surface area contributed by atoms with Crippen molar-refractivity contribution < 1.29 is 17.9 Å². The lowest BCUT2D eigenvalue weighted by molar-refractivity contribution is -0.137. The Morgan fingerprint density at radius 1 is 1.38 bits per heavy atom. The Labute approximate surface area is 152 Å². The van der Waals surface area contributed by atoms with Crippen molar-refractivity contribution in [1.29, 1.82) is 0 Å². The Kier molecular flexibility index (Phi) is 7.28. The van der Waals surface area contributed by atoms with Crippen LogP contribution in [0.5, 0.6) is 0 Å². The van der Waals surface area contributed by atoms with Gasteiger partial charge in [0.2, 0.25) is 0 Å². The number of aliphatic imine (C=N–C) groups is 1. The minimum absolute atomic E-state index is 0.270. The highest BCUT2D eigenvalue weighted by molar-refractivity contribution is 5.79.